The van der Waals surface area contributed by atoms with Crippen molar-refractivity contribution in [2.75, 3.05) is 26.0 Å². The quantitative estimate of drug-likeness (QED) is 0.583. The van der Waals surface area contributed by atoms with Gasteiger partial charge in [-0.3, -0.25) is 4.98 Å². The van der Waals surface area contributed by atoms with Gasteiger partial charge in [-0.05, 0) is 74.6 Å². The number of carbonyl (C=O) groups excluding carboxylic acids is 1. The first-order valence-electron chi connectivity index (χ1n) is 10.8. The second-order valence-electron chi connectivity index (χ2n) is 9.01. The number of nitrogens with zero attached hydrogens (tertiary/aromatic N) is 2. The third-order valence-electron chi connectivity index (χ3n) is 5.70. The van der Waals surface area contributed by atoms with Crippen molar-refractivity contribution in [3.63, 3.8) is 0 Å². The van der Waals surface area contributed by atoms with Crippen LogP contribution in [0.2, 0.25) is 0 Å². The highest BCUT2D eigenvalue weighted by Gasteiger charge is 2.32. The Labute approximate surface area is 184 Å². The number of amides is 1. The van der Waals surface area contributed by atoms with Crippen molar-refractivity contribution < 1.29 is 14.3 Å². The second kappa shape index (κ2) is 9.90. The van der Waals surface area contributed by atoms with Crippen LogP contribution < -0.4 is 4.74 Å². The number of pyridine rings is 1. The van der Waals surface area contributed by atoms with Crippen LogP contribution in [0.4, 0.5) is 4.79 Å². The largest absolute Gasteiger partial charge is 0.497 e. The molecule has 1 fully saturated rings. The molecule has 0 spiro atoms. The predicted octanol–water partition coefficient (Wildman–Crippen LogP) is 5.76. The van der Waals surface area contributed by atoms with Crippen LogP contribution in [-0.2, 0) is 10.5 Å². The van der Waals surface area contributed by atoms with E-state index < -0.39 is 5.60 Å². The predicted molar refractivity (Wildman–Crippen MR) is 124 cm³/mol. The molecule has 0 unspecified atom stereocenters. The number of hydrogen-bond donors (Lipinski definition) is 0. The molecule has 0 N–H and O–H groups in total. The van der Waals surface area contributed by atoms with Gasteiger partial charge in [-0.15, -0.1) is 0 Å². The highest BCUT2D eigenvalue weighted by atomic mass is 32.2. The molecule has 0 radical (unpaired) electrons. The fourth-order valence-corrected chi connectivity index (χ4v) is 5.34. The lowest BCUT2D eigenvalue weighted by atomic mass is 9.85. The number of likely N-dealkylation sites (tertiary alicyclic amines) is 1. The molecule has 0 aliphatic carbocycles. The summed E-state index contributed by atoms with van der Waals surface area (Å²) in [5.41, 5.74) is 1.86. The van der Waals surface area contributed by atoms with E-state index in [0.717, 1.165) is 54.1 Å². The van der Waals surface area contributed by atoms with Gasteiger partial charge in [0, 0.05) is 30.4 Å². The van der Waals surface area contributed by atoms with Crippen molar-refractivity contribution in [2.24, 2.45) is 11.8 Å². The van der Waals surface area contributed by atoms with E-state index >= 15 is 0 Å². The Balaban J connectivity index is 1.58. The van der Waals surface area contributed by atoms with Crippen LogP contribution in [-0.4, -0.2) is 47.5 Å². The monoisotopic (exact) mass is 430 g/mol. The molecule has 2 atom stereocenters. The van der Waals surface area contributed by atoms with Gasteiger partial charge in [0.05, 0.1) is 12.6 Å². The van der Waals surface area contributed by atoms with E-state index in [4.69, 9.17) is 9.47 Å². The molecule has 1 aromatic carbocycles. The number of aromatic nitrogens is 1. The van der Waals surface area contributed by atoms with E-state index in [9.17, 15) is 4.79 Å². The van der Waals surface area contributed by atoms with Gasteiger partial charge in [0.15, 0.2) is 0 Å². The van der Waals surface area contributed by atoms with E-state index in [-0.39, 0.29) is 6.09 Å². The Morgan fingerprint density at radius 2 is 2.07 bits per heavy atom. The Morgan fingerprint density at radius 3 is 2.77 bits per heavy atom. The van der Waals surface area contributed by atoms with E-state index in [0.29, 0.717) is 11.8 Å². The van der Waals surface area contributed by atoms with Gasteiger partial charge in [-0.2, -0.15) is 11.8 Å². The molecule has 5 nitrogen and oxygen atoms in total. The maximum Gasteiger partial charge on any atom is 0.410 e. The number of ether oxygens (including phenoxy) is 2. The van der Waals surface area contributed by atoms with Crippen LogP contribution in [0.15, 0.2) is 30.5 Å². The summed E-state index contributed by atoms with van der Waals surface area (Å²) >= 11 is 1.98. The summed E-state index contributed by atoms with van der Waals surface area (Å²) in [5.74, 6) is 4.07. The first-order valence-corrected chi connectivity index (χ1v) is 11.9. The third kappa shape index (κ3) is 5.81. The Hall–Kier alpha value is -1.95. The molecule has 0 bridgehead atoms. The smallest absolute Gasteiger partial charge is 0.410 e. The summed E-state index contributed by atoms with van der Waals surface area (Å²) in [6.07, 6.45) is 3.83. The minimum atomic E-state index is -0.443. The SMILES string of the molecule is CC[C@H]1CN(C(=O)OC(C)(C)C)CC[C@H]1CSCc1ccnc2ccc(OC)cc12. The first kappa shape index (κ1) is 22.7. The zero-order valence-electron chi connectivity index (χ0n) is 18.8. The summed E-state index contributed by atoms with van der Waals surface area (Å²) in [6.45, 7) is 9.57. The third-order valence-corrected chi connectivity index (χ3v) is 6.87. The lowest BCUT2D eigenvalue weighted by Gasteiger charge is -2.38. The van der Waals surface area contributed by atoms with E-state index in [1.807, 2.05) is 55.8 Å². The van der Waals surface area contributed by atoms with Crippen molar-refractivity contribution >= 4 is 28.8 Å². The van der Waals surface area contributed by atoms with Crippen LogP contribution in [0, 0.1) is 11.8 Å². The minimum Gasteiger partial charge on any atom is -0.497 e. The lowest BCUT2D eigenvalue weighted by molar-refractivity contribution is 0.0114. The fraction of sp³-hybridized carbons (Fsp3) is 0.583. The molecular weight excluding hydrogens is 396 g/mol. The Bertz CT molecular complexity index is 865. The fourth-order valence-electron chi connectivity index (χ4n) is 4.01. The van der Waals surface area contributed by atoms with Crippen molar-refractivity contribution in [3.8, 4) is 5.75 Å². The number of fused-ring (bicyclic) bond motifs is 1. The van der Waals surface area contributed by atoms with Gasteiger partial charge in [0.25, 0.3) is 0 Å². The number of hydrogen-bond acceptors (Lipinski definition) is 5. The average molecular weight is 431 g/mol. The number of carbonyl (C=O) groups is 1. The van der Waals surface area contributed by atoms with Gasteiger partial charge in [-0.1, -0.05) is 13.3 Å². The molecule has 3 rings (SSSR count). The molecule has 1 saturated heterocycles. The molecule has 1 aromatic heterocycles. The summed E-state index contributed by atoms with van der Waals surface area (Å²) in [6, 6.07) is 8.15. The van der Waals surface area contributed by atoms with Gasteiger partial charge < -0.3 is 14.4 Å². The molecule has 30 heavy (non-hydrogen) atoms. The molecule has 2 heterocycles. The molecule has 164 valence electrons. The molecule has 1 aliphatic heterocycles. The summed E-state index contributed by atoms with van der Waals surface area (Å²) in [4.78, 5) is 18.8. The van der Waals surface area contributed by atoms with Gasteiger partial charge in [0.1, 0.15) is 11.4 Å². The molecule has 2 aromatic rings. The highest BCUT2D eigenvalue weighted by molar-refractivity contribution is 7.98. The Kier molecular flexibility index (Phi) is 7.50. The first-order chi connectivity index (χ1) is 14.3. The van der Waals surface area contributed by atoms with Gasteiger partial charge >= 0.3 is 6.09 Å². The summed E-state index contributed by atoms with van der Waals surface area (Å²) in [7, 11) is 1.69. The van der Waals surface area contributed by atoms with Crippen molar-refractivity contribution in [2.45, 2.75) is 51.9 Å². The molecule has 0 saturated carbocycles. The molecule has 1 amide bonds. The normalized spacial score (nSPS) is 19.7. The van der Waals surface area contributed by atoms with E-state index in [2.05, 4.69) is 24.0 Å². The van der Waals surface area contributed by atoms with Gasteiger partial charge in [-0.25, -0.2) is 4.79 Å². The molecule has 6 heteroatoms. The number of thioether (sulfide) groups is 1. The number of benzene rings is 1. The zero-order chi connectivity index (χ0) is 21.7. The Morgan fingerprint density at radius 1 is 1.27 bits per heavy atom. The maximum atomic E-state index is 12.4. The maximum absolute atomic E-state index is 12.4. The highest BCUT2D eigenvalue weighted by Crippen LogP contribution is 2.32. The van der Waals surface area contributed by atoms with Crippen LogP contribution in [0.5, 0.6) is 5.75 Å². The molecule has 1 aliphatic rings. The minimum absolute atomic E-state index is 0.177. The number of rotatable bonds is 6. The van der Waals surface area contributed by atoms with Gasteiger partial charge in [0.2, 0.25) is 0 Å². The van der Waals surface area contributed by atoms with Crippen molar-refractivity contribution in [3.05, 3.63) is 36.0 Å². The summed E-state index contributed by atoms with van der Waals surface area (Å²) < 4.78 is 11.0. The summed E-state index contributed by atoms with van der Waals surface area (Å²) in [5, 5.41) is 1.16. The van der Waals surface area contributed by atoms with E-state index in [1.165, 1.54) is 5.56 Å². The second-order valence-corrected chi connectivity index (χ2v) is 10.0. The van der Waals surface area contributed by atoms with Crippen LogP contribution in [0.1, 0.15) is 46.1 Å². The van der Waals surface area contributed by atoms with Crippen LogP contribution in [0.25, 0.3) is 10.9 Å². The average Bonchev–Trinajstić information content (AvgIpc) is 2.72. The van der Waals surface area contributed by atoms with Crippen molar-refractivity contribution in [1.82, 2.24) is 9.88 Å². The van der Waals surface area contributed by atoms with E-state index in [1.54, 1.807) is 7.11 Å². The number of piperidine rings is 1. The van der Waals surface area contributed by atoms with Crippen LogP contribution in [0.3, 0.4) is 0 Å². The van der Waals surface area contributed by atoms with Crippen LogP contribution >= 0.6 is 11.8 Å². The molecular formula is C24H34N2O3S. The number of methoxy groups -OCH3 is 1. The van der Waals surface area contributed by atoms with Crippen molar-refractivity contribution in [1.29, 1.82) is 0 Å². The topological polar surface area (TPSA) is 51.7 Å². The lowest BCUT2D eigenvalue weighted by Crippen LogP contribution is -2.46. The zero-order valence-corrected chi connectivity index (χ0v) is 19.6. The standard InChI is InChI=1S/C24H34N2O3S/c1-6-17-14-26(23(27)29-24(2,3)4)12-10-18(17)15-30-16-19-9-11-25-22-8-7-20(28-5)13-21(19)22/h7-9,11,13,17-18H,6,10,12,14-16H2,1-5H3/t17-,18-/m0/s1.